The van der Waals surface area contributed by atoms with E-state index in [1.807, 2.05) is 41.5 Å². The summed E-state index contributed by atoms with van der Waals surface area (Å²) in [4.78, 5) is 19.6. The maximum atomic E-state index is 13.1. The molecule has 0 spiro atoms. The predicted octanol–water partition coefficient (Wildman–Crippen LogP) is 4.53. The van der Waals surface area contributed by atoms with E-state index in [4.69, 9.17) is 0 Å². The summed E-state index contributed by atoms with van der Waals surface area (Å²) in [7, 11) is 0. The molecule has 0 saturated heterocycles. The van der Waals surface area contributed by atoms with Crippen molar-refractivity contribution in [3.8, 4) is 0 Å². The van der Waals surface area contributed by atoms with E-state index in [0.29, 0.717) is 12.1 Å². The monoisotopic (exact) mass is 349 g/mol. The molecule has 4 nitrogen and oxygen atoms in total. The van der Waals surface area contributed by atoms with Gasteiger partial charge in [-0.2, -0.15) is 0 Å². The first-order valence-electron chi connectivity index (χ1n) is 8.26. The van der Waals surface area contributed by atoms with E-state index in [0.717, 1.165) is 22.0 Å². The maximum Gasteiger partial charge on any atom is 0.258 e. The molecule has 1 aromatic heterocycles. The lowest BCUT2D eigenvalue weighted by Gasteiger charge is -2.37. The number of nitrogens with one attached hydrogen (secondary N) is 1. The third kappa shape index (κ3) is 3.03. The molecular weight excluding hydrogens is 330 g/mol. The molecule has 1 aliphatic rings. The van der Waals surface area contributed by atoms with Gasteiger partial charge in [-0.25, -0.2) is 4.98 Å². The molecule has 25 heavy (non-hydrogen) atoms. The van der Waals surface area contributed by atoms with Gasteiger partial charge in [-0.05, 0) is 31.5 Å². The fourth-order valence-electron chi connectivity index (χ4n) is 3.09. The minimum absolute atomic E-state index is 0.0329. The van der Waals surface area contributed by atoms with Crippen molar-refractivity contribution in [3.05, 3.63) is 81.3 Å². The van der Waals surface area contributed by atoms with Gasteiger partial charge < -0.3 is 10.2 Å². The lowest BCUT2D eigenvalue weighted by atomic mass is 10.0. The Morgan fingerprint density at radius 3 is 2.60 bits per heavy atom. The van der Waals surface area contributed by atoms with Gasteiger partial charge in [0.2, 0.25) is 0 Å². The second kappa shape index (κ2) is 6.33. The Balaban J connectivity index is 1.74. The molecule has 2 aromatic carbocycles. The normalized spacial score (nSPS) is 16.5. The Morgan fingerprint density at radius 2 is 1.88 bits per heavy atom. The number of fused-ring (bicyclic) bond motifs is 1. The van der Waals surface area contributed by atoms with Crippen molar-refractivity contribution >= 4 is 22.9 Å². The average molecular weight is 349 g/mol. The summed E-state index contributed by atoms with van der Waals surface area (Å²) in [6.45, 7) is 4.59. The lowest BCUT2D eigenvalue weighted by Crippen LogP contribution is -2.42. The SMILES string of the molecule is Cc1ccc(CN2C(=O)c3ccccc3N[C@@H]2c2csc(C)n2)cc1. The second-order valence-electron chi connectivity index (χ2n) is 6.30. The topological polar surface area (TPSA) is 45.2 Å². The van der Waals surface area contributed by atoms with Crippen LogP contribution in [0.5, 0.6) is 0 Å². The quantitative estimate of drug-likeness (QED) is 0.756. The number of nitrogens with zero attached hydrogens (tertiary/aromatic N) is 2. The van der Waals surface area contributed by atoms with Gasteiger partial charge in [-0.15, -0.1) is 11.3 Å². The van der Waals surface area contributed by atoms with Crippen molar-refractivity contribution in [2.24, 2.45) is 0 Å². The Labute approximate surface area is 151 Å². The summed E-state index contributed by atoms with van der Waals surface area (Å²) >= 11 is 1.60. The first-order valence-corrected chi connectivity index (χ1v) is 9.14. The molecule has 3 aromatic rings. The van der Waals surface area contributed by atoms with Crippen molar-refractivity contribution in [1.82, 2.24) is 9.88 Å². The van der Waals surface area contributed by atoms with Gasteiger partial charge in [-0.1, -0.05) is 42.0 Å². The number of carbonyl (C=O) groups is 1. The number of amides is 1. The number of aryl methyl sites for hydroxylation is 2. The van der Waals surface area contributed by atoms with Crippen LogP contribution in [0.3, 0.4) is 0 Å². The molecule has 0 bridgehead atoms. The number of para-hydroxylation sites is 1. The summed E-state index contributed by atoms with van der Waals surface area (Å²) in [6, 6.07) is 16.0. The van der Waals surface area contributed by atoms with E-state index in [2.05, 4.69) is 41.5 Å². The van der Waals surface area contributed by atoms with Crippen LogP contribution in [0.4, 0.5) is 5.69 Å². The number of aromatic nitrogens is 1. The fourth-order valence-corrected chi connectivity index (χ4v) is 3.72. The van der Waals surface area contributed by atoms with Gasteiger partial charge in [0.05, 0.1) is 16.3 Å². The molecule has 1 aliphatic heterocycles. The van der Waals surface area contributed by atoms with Crippen LogP contribution in [0.15, 0.2) is 53.9 Å². The molecule has 1 amide bonds. The second-order valence-corrected chi connectivity index (χ2v) is 7.36. The van der Waals surface area contributed by atoms with Crippen LogP contribution in [-0.2, 0) is 6.54 Å². The summed E-state index contributed by atoms with van der Waals surface area (Å²) in [5.74, 6) is 0.0329. The molecule has 0 radical (unpaired) electrons. The van der Waals surface area contributed by atoms with E-state index in [-0.39, 0.29) is 12.1 Å². The van der Waals surface area contributed by atoms with Crippen LogP contribution in [0, 0.1) is 13.8 Å². The van der Waals surface area contributed by atoms with Crippen LogP contribution >= 0.6 is 11.3 Å². The van der Waals surface area contributed by atoms with Crippen molar-refractivity contribution in [3.63, 3.8) is 0 Å². The minimum atomic E-state index is -0.256. The van der Waals surface area contributed by atoms with Gasteiger partial charge in [0.25, 0.3) is 5.91 Å². The molecule has 4 rings (SSSR count). The fraction of sp³-hybridized carbons (Fsp3) is 0.200. The number of anilines is 1. The van der Waals surface area contributed by atoms with E-state index >= 15 is 0 Å². The molecule has 0 aliphatic carbocycles. The highest BCUT2D eigenvalue weighted by atomic mass is 32.1. The molecule has 2 heterocycles. The number of thiazole rings is 1. The lowest BCUT2D eigenvalue weighted by molar-refractivity contribution is 0.0663. The maximum absolute atomic E-state index is 13.1. The van der Waals surface area contributed by atoms with Gasteiger partial charge >= 0.3 is 0 Å². The number of carbonyl (C=O) groups excluding carboxylic acids is 1. The average Bonchev–Trinajstić information content (AvgIpc) is 3.05. The zero-order valence-corrected chi connectivity index (χ0v) is 15.0. The van der Waals surface area contributed by atoms with E-state index in [9.17, 15) is 4.79 Å². The summed E-state index contributed by atoms with van der Waals surface area (Å²) in [5, 5.41) is 6.51. The summed E-state index contributed by atoms with van der Waals surface area (Å²) in [6.07, 6.45) is -0.256. The van der Waals surface area contributed by atoms with Gasteiger partial charge in [0, 0.05) is 17.6 Å². The Hall–Kier alpha value is -2.66. The molecule has 1 atom stereocenters. The van der Waals surface area contributed by atoms with Gasteiger partial charge in [0.1, 0.15) is 6.17 Å². The highest BCUT2D eigenvalue weighted by Gasteiger charge is 2.33. The van der Waals surface area contributed by atoms with E-state index < -0.39 is 0 Å². The van der Waals surface area contributed by atoms with Crippen LogP contribution in [0.25, 0.3) is 0 Å². The smallest absolute Gasteiger partial charge is 0.258 e. The van der Waals surface area contributed by atoms with Crippen LogP contribution < -0.4 is 5.32 Å². The van der Waals surface area contributed by atoms with Crippen molar-refractivity contribution in [2.75, 3.05) is 5.32 Å². The van der Waals surface area contributed by atoms with E-state index in [1.54, 1.807) is 11.3 Å². The zero-order valence-electron chi connectivity index (χ0n) is 14.2. The van der Waals surface area contributed by atoms with Crippen LogP contribution in [0.2, 0.25) is 0 Å². The third-order valence-electron chi connectivity index (χ3n) is 4.41. The van der Waals surface area contributed by atoms with Crippen molar-refractivity contribution in [2.45, 2.75) is 26.6 Å². The molecule has 1 N–H and O–H groups in total. The number of benzene rings is 2. The van der Waals surface area contributed by atoms with Crippen LogP contribution in [0.1, 0.15) is 38.4 Å². The van der Waals surface area contributed by atoms with Crippen molar-refractivity contribution in [1.29, 1.82) is 0 Å². The summed E-state index contributed by atoms with van der Waals surface area (Å²) < 4.78 is 0. The summed E-state index contributed by atoms with van der Waals surface area (Å²) in [5.41, 5.74) is 4.78. The van der Waals surface area contributed by atoms with Crippen molar-refractivity contribution < 1.29 is 4.79 Å². The highest BCUT2D eigenvalue weighted by molar-refractivity contribution is 7.09. The largest absolute Gasteiger partial charge is 0.359 e. The Kier molecular flexibility index (Phi) is 4.01. The van der Waals surface area contributed by atoms with Gasteiger partial charge in [-0.3, -0.25) is 4.79 Å². The first kappa shape index (κ1) is 15.8. The predicted molar refractivity (Wildman–Crippen MR) is 101 cm³/mol. The molecule has 126 valence electrons. The minimum Gasteiger partial charge on any atom is -0.359 e. The third-order valence-corrected chi connectivity index (χ3v) is 5.20. The molecular formula is C20H19N3OS. The number of hydrogen-bond donors (Lipinski definition) is 1. The first-order chi connectivity index (χ1) is 12.1. The van der Waals surface area contributed by atoms with Crippen LogP contribution in [-0.4, -0.2) is 15.8 Å². The zero-order chi connectivity index (χ0) is 17.4. The number of rotatable bonds is 3. The standard InChI is InChI=1S/C20H19N3OS/c1-13-7-9-15(10-8-13)11-23-19(18-12-25-14(2)21-18)22-17-6-4-3-5-16(17)20(23)24/h3-10,12,19,22H,11H2,1-2H3/t19-/m0/s1. The molecule has 5 heteroatoms. The Bertz CT molecular complexity index is 917. The van der Waals surface area contributed by atoms with Gasteiger partial charge in [0.15, 0.2) is 0 Å². The number of hydrogen-bond acceptors (Lipinski definition) is 4. The Morgan fingerprint density at radius 1 is 1.12 bits per heavy atom. The molecule has 0 fully saturated rings. The molecule has 0 saturated carbocycles. The van der Waals surface area contributed by atoms with E-state index in [1.165, 1.54) is 5.56 Å². The highest BCUT2D eigenvalue weighted by Crippen LogP contribution is 2.34. The molecule has 0 unspecified atom stereocenters.